The first-order valence-corrected chi connectivity index (χ1v) is 12.4. The number of ether oxygens (including phenoxy) is 2. The fourth-order valence-corrected chi connectivity index (χ4v) is 4.35. The van der Waals surface area contributed by atoms with Crippen molar-refractivity contribution < 1.29 is 14.3 Å². The van der Waals surface area contributed by atoms with Gasteiger partial charge < -0.3 is 20.5 Å². The lowest BCUT2D eigenvalue weighted by Crippen LogP contribution is -2.24. The number of nitrogen functional groups attached to an aromatic ring is 1. The lowest BCUT2D eigenvalue weighted by Gasteiger charge is -2.11. The molecule has 11 nitrogen and oxygen atoms in total. The van der Waals surface area contributed by atoms with Gasteiger partial charge in [0.25, 0.3) is 5.91 Å². The van der Waals surface area contributed by atoms with Gasteiger partial charge in [-0.1, -0.05) is 24.3 Å². The molecule has 0 spiro atoms. The fraction of sp³-hybridized carbons (Fsp3) is 0.250. The van der Waals surface area contributed by atoms with Crippen molar-refractivity contribution in [3.05, 3.63) is 95.0 Å². The summed E-state index contributed by atoms with van der Waals surface area (Å²) in [6, 6.07) is 13.8. The summed E-state index contributed by atoms with van der Waals surface area (Å²) in [6.45, 7) is 3.62. The minimum Gasteiger partial charge on any atom is -0.496 e. The number of anilines is 1. The van der Waals surface area contributed by atoms with E-state index in [4.69, 9.17) is 15.2 Å². The molecule has 0 saturated heterocycles. The van der Waals surface area contributed by atoms with Crippen LogP contribution in [0.15, 0.2) is 61.1 Å². The molecule has 0 aliphatic carbocycles. The standard InChI is InChI=1S/C28H30N8O3/c1-18-12-32-35(14-18)15-19-4-6-20(7-5-19)16-36-25(17-38-2)33-27(34-36)28(37)31-13-22-10-21-8-9-30-26(29)23(21)11-24(22)39-3/h4-12,14H,13,15-17H2,1-3H3,(H2,29,30)(H,31,37). The van der Waals surface area contributed by atoms with Crippen molar-refractivity contribution in [3.8, 4) is 5.75 Å². The number of amides is 1. The summed E-state index contributed by atoms with van der Waals surface area (Å²) in [7, 11) is 3.16. The highest BCUT2D eigenvalue weighted by Crippen LogP contribution is 2.28. The van der Waals surface area contributed by atoms with Gasteiger partial charge >= 0.3 is 0 Å². The smallest absolute Gasteiger partial charge is 0.291 e. The number of aromatic nitrogens is 6. The van der Waals surface area contributed by atoms with Crippen LogP contribution in [0.4, 0.5) is 5.82 Å². The fourth-order valence-electron chi connectivity index (χ4n) is 4.35. The Morgan fingerprint density at radius 2 is 1.85 bits per heavy atom. The maximum absolute atomic E-state index is 13.0. The van der Waals surface area contributed by atoms with Crippen LogP contribution < -0.4 is 15.8 Å². The Morgan fingerprint density at radius 3 is 2.54 bits per heavy atom. The molecule has 1 amide bonds. The Balaban J connectivity index is 1.29. The van der Waals surface area contributed by atoms with Crippen molar-refractivity contribution in [2.24, 2.45) is 0 Å². The predicted octanol–water partition coefficient (Wildman–Crippen LogP) is 3.10. The SMILES string of the molecule is COCc1nc(C(=O)NCc2cc3ccnc(N)c3cc2OC)nn1Cc1ccc(Cn2cc(C)cn2)cc1. The largest absolute Gasteiger partial charge is 0.496 e. The Hall–Kier alpha value is -4.77. The van der Waals surface area contributed by atoms with Crippen LogP contribution in [0.25, 0.3) is 10.8 Å². The molecule has 0 aliphatic heterocycles. The predicted molar refractivity (Wildman–Crippen MR) is 146 cm³/mol. The molecule has 0 aliphatic rings. The van der Waals surface area contributed by atoms with E-state index in [9.17, 15) is 4.79 Å². The van der Waals surface area contributed by atoms with E-state index in [0.717, 1.165) is 33.0 Å². The number of benzene rings is 2. The molecule has 0 saturated carbocycles. The first-order valence-electron chi connectivity index (χ1n) is 12.4. The zero-order valence-electron chi connectivity index (χ0n) is 22.1. The highest BCUT2D eigenvalue weighted by Gasteiger charge is 2.18. The van der Waals surface area contributed by atoms with Crippen LogP contribution in [0, 0.1) is 6.92 Å². The van der Waals surface area contributed by atoms with Gasteiger partial charge in [-0.05, 0) is 47.2 Å². The van der Waals surface area contributed by atoms with Crippen LogP contribution in [0.1, 0.15) is 38.7 Å². The van der Waals surface area contributed by atoms with Gasteiger partial charge in [0, 0.05) is 37.0 Å². The second-order valence-electron chi connectivity index (χ2n) is 9.24. The Labute approximate surface area is 225 Å². The average Bonchev–Trinajstić information content (AvgIpc) is 3.53. The normalized spacial score (nSPS) is 11.2. The van der Waals surface area contributed by atoms with E-state index in [1.54, 1.807) is 25.1 Å². The topological polar surface area (TPSA) is 135 Å². The lowest BCUT2D eigenvalue weighted by atomic mass is 10.1. The Bertz CT molecular complexity index is 1610. The number of nitrogens with one attached hydrogen (secondary N) is 1. The van der Waals surface area contributed by atoms with E-state index in [1.165, 1.54) is 0 Å². The van der Waals surface area contributed by atoms with Gasteiger partial charge in [0.2, 0.25) is 5.82 Å². The van der Waals surface area contributed by atoms with Crippen molar-refractivity contribution in [2.75, 3.05) is 20.0 Å². The van der Waals surface area contributed by atoms with Crippen LogP contribution in [-0.4, -0.2) is 49.7 Å². The van der Waals surface area contributed by atoms with Crippen molar-refractivity contribution >= 4 is 22.5 Å². The molecule has 0 unspecified atom stereocenters. The van der Waals surface area contributed by atoms with Crippen molar-refractivity contribution in [2.45, 2.75) is 33.2 Å². The molecule has 0 atom stereocenters. The van der Waals surface area contributed by atoms with Crippen LogP contribution in [-0.2, 0) is 31.0 Å². The number of rotatable bonds is 10. The lowest BCUT2D eigenvalue weighted by molar-refractivity contribution is 0.0940. The third-order valence-corrected chi connectivity index (χ3v) is 6.32. The van der Waals surface area contributed by atoms with Crippen molar-refractivity contribution in [3.63, 3.8) is 0 Å². The van der Waals surface area contributed by atoms with Crippen molar-refractivity contribution in [1.82, 2.24) is 34.8 Å². The van der Waals surface area contributed by atoms with E-state index in [2.05, 4.69) is 37.6 Å². The van der Waals surface area contributed by atoms with Gasteiger partial charge in [-0.15, -0.1) is 5.10 Å². The maximum atomic E-state index is 13.0. The number of carbonyl (C=O) groups excluding carboxylic acids is 1. The molecule has 0 fully saturated rings. The number of aryl methyl sites for hydroxylation is 1. The van der Waals surface area contributed by atoms with E-state index >= 15 is 0 Å². The summed E-state index contributed by atoms with van der Waals surface area (Å²) in [6.07, 6.45) is 5.50. The molecule has 5 aromatic rings. The van der Waals surface area contributed by atoms with Gasteiger partial charge in [-0.25, -0.2) is 14.6 Å². The molecule has 11 heteroatoms. The number of nitrogens with two attached hydrogens (primary N) is 1. The number of hydrogen-bond donors (Lipinski definition) is 2. The molecular formula is C28H30N8O3. The molecule has 3 heterocycles. The monoisotopic (exact) mass is 526 g/mol. The summed E-state index contributed by atoms with van der Waals surface area (Å²) >= 11 is 0. The third-order valence-electron chi connectivity index (χ3n) is 6.32. The highest BCUT2D eigenvalue weighted by atomic mass is 16.5. The second-order valence-corrected chi connectivity index (χ2v) is 9.24. The molecule has 3 N–H and O–H groups in total. The van der Waals surface area contributed by atoms with Gasteiger partial charge in [-0.2, -0.15) is 5.10 Å². The van der Waals surface area contributed by atoms with Crippen LogP contribution in [0.3, 0.4) is 0 Å². The zero-order valence-corrected chi connectivity index (χ0v) is 22.1. The van der Waals surface area contributed by atoms with Crippen LogP contribution in [0.2, 0.25) is 0 Å². The summed E-state index contributed by atoms with van der Waals surface area (Å²) in [5, 5.41) is 13.4. The van der Waals surface area contributed by atoms with Gasteiger partial charge in [-0.3, -0.25) is 9.48 Å². The minimum atomic E-state index is -0.396. The van der Waals surface area contributed by atoms with Crippen molar-refractivity contribution in [1.29, 1.82) is 0 Å². The van der Waals surface area contributed by atoms with Gasteiger partial charge in [0.15, 0.2) is 5.82 Å². The first kappa shape index (κ1) is 25.9. The Morgan fingerprint density at radius 1 is 1.08 bits per heavy atom. The summed E-state index contributed by atoms with van der Waals surface area (Å²) in [5.41, 5.74) is 10.1. The molecule has 3 aromatic heterocycles. The summed E-state index contributed by atoms with van der Waals surface area (Å²) < 4.78 is 14.4. The summed E-state index contributed by atoms with van der Waals surface area (Å²) in [5.74, 6) is 1.26. The van der Waals surface area contributed by atoms with E-state index in [0.29, 0.717) is 30.5 Å². The van der Waals surface area contributed by atoms with E-state index < -0.39 is 5.91 Å². The quantitative estimate of drug-likeness (QED) is 0.283. The Kier molecular flexibility index (Phi) is 7.50. The van der Waals surface area contributed by atoms with Crippen LogP contribution in [0.5, 0.6) is 5.75 Å². The number of hydrogen-bond acceptors (Lipinski definition) is 8. The highest BCUT2D eigenvalue weighted by molar-refractivity contribution is 5.93. The molecule has 200 valence electrons. The third kappa shape index (κ3) is 5.88. The van der Waals surface area contributed by atoms with Gasteiger partial charge in [0.05, 0.1) is 26.4 Å². The maximum Gasteiger partial charge on any atom is 0.291 e. The molecule has 0 radical (unpaired) electrons. The molecule has 0 bridgehead atoms. The summed E-state index contributed by atoms with van der Waals surface area (Å²) in [4.78, 5) is 21.6. The van der Waals surface area contributed by atoms with E-state index in [1.807, 2.05) is 54.3 Å². The number of fused-ring (bicyclic) bond motifs is 1. The van der Waals surface area contributed by atoms with Crippen LogP contribution >= 0.6 is 0 Å². The molecule has 5 rings (SSSR count). The number of methoxy groups -OCH3 is 2. The number of nitrogens with zero attached hydrogens (tertiary/aromatic N) is 6. The number of carbonyl (C=O) groups is 1. The number of pyridine rings is 1. The molecule has 39 heavy (non-hydrogen) atoms. The molecular weight excluding hydrogens is 496 g/mol. The first-order chi connectivity index (χ1) is 18.9. The average molecular weight is 527 g/mol. The molecule has 2 aromatic carbocycles. The second kappa shape index (κ2) is 11.3. The van der Waals surface area contributed by atoms with Gasteiger partial charge in [0.1, 0.15) is 18.2 Å². The zero-order chi connectivity index (χ0) is 27.4. The van der Waals surface area contributed by atoms with E-state index in [-0.39, 0.29) is 19.0 Å². The minimum absolute atomic E-state index is 0.0703.